The standard InChI is InChI=1S/C23H24N2/c1-2-8-20(9-3-1)21-12-15-25(16-13-21)14-6-7-19-17-22-10-4-5-11-23(22)24-18-19/h1-2,4-5,9-13,15,17-18H,3,6-8,14,16H2. The molecule has 1 aliphatic heterocycles. The quantitative estimate of drug-likeness (QED) is 0.701. The first-order valence-electron chi connectivity index (χ1n) is 9.19. The molecule has 0 radical (unpaired) electrons. The highest BCUT2D eigenvalue weighted by Crippen LogP contribution is 2.23. The van der Waals surface area contributed by atoms with E-state index in [-0.39, 0.29) is 0 Å². The van der Waals surface area contributed by atoms with Crippen LogP contribution in [0.2, 0.25) is 0 Å². The van der Waals surface area contributed by atoms with Crippen molar-refractivity contribution in [3.8, 4) is 0 Å². The van der Waals surface area contributed by atoms with Gasteiger partial charge in [0.25, 0.3) is 0 Å². The number of benzene rings is 1. The Kier molecular flexibility index (Phi) is 4.78. The molecule has 0 amide bonds. The summed E-state index contributed by atoms with van der Waals surface area (Å²) in [7, 11) is 0. The molecule has 0 N–H and O–H groups in total. The zero-order valence-corrected chi connectivity index (χ0v) is 14.6. The van der Waals surface area contributed by atoms with Crippen LogP contribution in [0, 0.1) is 0 Å². The molecule has 0 atom stereocenters. The fraction of sp³-hybridized carbons (Fsp3) is 0.261. The molecule has 2 aliphatic rings. The molecular weight excluding hydrogens is 304 g/mol. The largest absolute Gasteiger partial charge is 0.374 e. The zero-order valence-electron chi connectivity index (χ0n) is 14.6. The molecule has 2 nitrogen and oxygen atoms in total. The highest BCUT2D eigenvalue weighted by molar-refractivity contribution is 5.78. The van der Waals surface area contributed by atoms with Crippen molar-refractivity contribution in [3.63, 3.8) is 0 Å². The first kappa shape index (κ1) is 15.9. The van der Waals surface area contributed by atoms with Crippen molar-refractivity contribution in [2.75, 3.05) is 13.1 Å². The van der Waals surface area contributed by atoms with Crippen molar-refractivity contribution in [2.24, 2.45) is 0 Å². The van der Waals surface area contributed by atoms with Gasteiger partial charge in [-0.2, -0.15) is 0 Å². The van der Waals surface area contributed by atoms with Crippen molar-refractivity contribution in [2.45, 2.75) is 25.7 Å². The van der Waals surface area contributed by atoms with E-state index in [1.165, 1.54) is 22.1 Å². The second kappa shape index (κ2) is 7.52. The number of nitrogens with zero attached hydrogens (tertiary/aromatic N) is 2. The van der Waals surface area contributed by atoms with Crippen LogP contribution in [0.4, 0.5) is 0 Å². The van der Waals surface area contributed by atoms with E-state index in [1.807, 2.05) is 12.3 Å². The lowest BCUT2D eigenvalue weighted by Gasteiger charge is -2.24. The van der Waals surface area contributed by atoms with Crippen molar-refractivity contribution in [1.82, 2.24) is 9.88 Å². The lowest BCUT2D eigenvalue weighted by Crippen LogP contribution is -2.21. The van der Waals surface area contributed by atoms with E-state index in [0.717, 1.165) is 44.3 Å². The average Bonchev–Trinajstić information content (AvgIpc) is 2.69. The summed E-state index contributed by atoms with van der Waals surface area (Å²) in [6.07, 6.45) is 20.1. The maximum absolute atomic E-state index is 4.56. The zero-order chi connectivity index (χ0) is 16.9. The van der Waals surface area contributed by atoms with Crippen LogP contribution in [0.25, 0.3) is 10.9 Å². The number of aromatic nitrogens is 1. The van der Waals surface area contributed by atoms with Crippen LogP contribution in [0.15, 0.2) is 84.3 Å². The van der Waals surface area contributed by atoms with Crippen molar-refractivity contribution < 1.29 is 0 Å². The molecule has 0 unspecified atom stereocenters. The first-order chi connectivity index (χ1) is 12.4. The Morgan fingerprint density at radius 1 is 1.08 bits per heavy atom. The number of rotatable bonds is 5. The van der Waals surface area contributed by atoms with Gasteiger partial charge < -0.3 is 4.90 Å². The van der Waals surface area contributed by atoms with Gasteiger partial charge in [-0.15, -0.1) is 0 Å². The molecule has 0 bridgehead atoms. The molecule has 1 aromatic carbocycles. The molecular formula is C23H24N2. The van der Waals surface area contributed by atoms with E-state index in [2.05, 4.69) is 70.7 Å². The third-order valence-electron chi connectivity index (χ3n) is 4.94. The lowest BCUT2D eigenvalue weighted by atomic mass is 9.96. The molecule has 0 saturated heterocycles. The van der Waals surface area contributed by atoms with Crippen LogP contribution in [-0.4, -0.2) is 23.0 Å². The highest BCUT2D eigenvalue weighted by atomic mass is 15.1. The predicted octanol–water partition coefficient (Wildman–Crippen LogP) is 5.20. The van der Waals surface area contributed by atoms with Crippen LogP contribution in [0.5, 0.6) is 0 Å². The van der Waals surface area contributed by atoms with Gasteiger partial charge in [0, 0.05) is 24.7 Å². The van der Waals surface area contributed by atoms with E-state index in [0.29, 0.717) is 0 Å². The molecule has 1 aromatic heterocycles. The SMILES string of the molecule is C1=CCC(C2=CCN(CCCc3cnc4ccccc4c3)C=C2)=CC1. The van der Waals surface area contributed by atoms with Crippen molar-refractivity contribution >= 4 is 10.9 Å². The van der Waals surface area contributed by atoms with E-state index in [9.17, 15) is 0 Å². The fourth-order valence-corrected chi connectivity index (χ4v) is 3.51. The maximum Gasteiger partial charge on any atom is 0.0702 e. The highest BCUT2D eigenvalue weighted by Gasteiger charge is 2.09. The Hall–Kier alpha value is -2.61. The average molecular weight is 328 g/mol. The fourth-order valence-electron chi connectivity index (χ4n) is 3.51. The molecule has 2 heterocycles. The number of hydrogen-bond donors (Lipinski definition) is 0. The van der Waals surface area contributed by atoms with Gasteiger partial charge in [0.2, 0.25) is 0 Å². The number of fused-ring (bicyclic) bond motifs is 1. The number of pyridine rings is 1. The van der Waals surface area contributed by atoms with Gasteiger partial charge >= 0.3 is 0 Å². The van der Waals surface area contributed by atoms with Gasteiger partial charge in [0.15, 0.2) is 0 Å². The molecule has 4 rings (SSSR count). The second-order valence-corrected chi connectivity index (χ2v) is 6.75. The van der Waals surface area contributed by atoms with E-state index in [1.54, 1.807) is 0 Å². The minimum absolute atomic E-state index is 1.02. The number of aryl methyl sites for hydroxylation is 1. The summed E-state index contributed by atoms with van der Waals surface area (Å²) in [6, 6.07) is 10.6. The number of hydrogen-bond acceptors (Lipinski definition) is 2. The van der Waals surface area contributed by atoms with Crippen LogP contribution in [0.1, 0.15) is 24.8 Å². The van der Waals surface area contributed by atoms with Gasteiger partial charge in [0.05, 0.1) is 5.52 Å². The summed E-state index contributed by atoms with van der Waals surface area (Å²) in [6.45, 7) is 2.11. The Labute approximate surface area is 149 Å². The molecule has 2 aromatic rings. The Morgan fingerprint density at radius 3 is 2.88 bits per heavy atom. The smallest absolute Gasteiger partial charge is 0.0702 e. The topological polar surface area (TPSA) is 16.1 Å². The van der Waals surface area contributed by atoms with Crippen LogP contribution in [-0.2, 0) is 6.42 Å². The number of para-hydroxylation sites is 1. The first-order valence-corrected chi connectivity index (χ1v) is 9.19. The summed E-state index contributed by atoms with van der Waals surface area (Å²) in [5.41, 5.74) is 5.28. The van der Waals surface area contributed by atoms with Crippen molar-refractivity contribution in [1.29, 1.82) is 0 Å². The molecule has 1 aliphatic carbocycles. The third kappa shape index (κ3) is 3.90. The summed E-state index contributed by atoms with van der Waals surface area (Å²) < 4.78 is 0. The Balaban J connectivity index is 1.28. The third-order valence-corrected chi connectivity index (χ3v) is 4.94. The predicted molar refractivity (Wildman–Crippen MR) is 105 cm³/mol. The van der Waals surface area contributed by atoms with Crippen LogP contribution >= 0.6 is 0 Å². The van der Waals surface area contributed by atoms with Gasteiger partial charge in [-0.1, -0.05) is 42.5 Å². The molecule has 2 heteroatoms. The van der Waals surface area contributed by atoms with E-state index >= 15 is 0 Å². The minimum atomic E-state index is 1.02. The van der Waals surface area contributed by atoms with Gasteiger partial charge in [-0.05, 0) is 66.8 Å². The Morgan fingerprint density at radius 2 is 2.04 bits per heavy atom. The summed E-state index contributed by atoms with van der Waals surface area (Å²) >= 11 is 0. The lowest BCUT2D eigenvalue weighted by molar-refractivity contribution is 0.401. The molecule has 25 heavy (non-hydrogen) atoms. The molecule has 126 valence electrons. The summed E-state index contributed by atoms with van der Waals surface area (Å²) in [5, 5.41) is 1.24. The number of allylic oxidation sites excluding steroid dienone is 6. The molecule has 0 saturated carbocycles. The molecule has 0 spiro atoms. The summed E-state index contributed by atoms with van der Waals surface area (Å²) in [4.78, 5) is 6.96. The van der Waals surface area contributed by atoms with Gasteiger partial charge in [-0.3, -0.25) is 4.98 Å². The minimum Gasteiger partial charge on any atom is -0.374 e. The normalized spacial score (nSPS) is 16.9. The van der Waals surface area contributed by atoms with E-state index in [4.69, 9.17) is 0 Å². The Bertz CT molecular complexity index is 871. The monoisotopic (exact) mass is 328 g/mol. The van der Waals surface area contributed by atoms with Crippen LogP contribution < -0.4 is 0 Å². The van der Waals surface area contributed by atoms with Crippen LogP contribution in [0.3, 0.4) is 0 Å². The van der Waals surface area contributed by atoms with Gasteiger partial charge in [0.1, 0.15) is 0 Å². The molecule has 0 fully saturated rings. The van der Waals surface area contributed by atoms with E-state index < -0.39 is 0 Å². The maximum atomic E-state index is 4.56. The second-order valence-electron chi connectivity index (χ2n) is 6.75. The van der Waals surface area contributed by atoms with Gasteiger partial charge in [-0.25, -0.2) is 0 Å². The van der Waals surface area contributed by atoms with Crippen molar-refractivity contribution in [3.05, 3.63) is 89.8 Å². The summed E-state index contributed by atoms with van der Waals surface area (Å²) in [5.74, 6) is 0.